The summed E-state index contributed by atoms with van der Waals surface area (Å²) in [5.74, 6) is 0. The van der Waals surface area contributed by atoms with Crippen LogP contribution in [0.25, 0.3) is 0 Å². The molecule has 0 fully saturated rings. The van der Waals surface area contributed by atoms with Gasteiger partial charge < -0.3 is 0 Å². The molecule has 0 saturated heterocycles. The molecule has 0 aromatic rings. The van der Waals surface area contributed by atoms with Gasteiger partial charge in [0.05, 0.1) is 0 Å². The molecule has 0 aromatic carbocycles. The van der Waals surface area contributed by atoms with Crippen LogP contribution in [0.1, 0.15) is 47.5 Å². The summed E-state index contributed by atoms with van der Waals surface area (Å²) in [6, 6.07) is 0. The van der Waals surface area contributed by atoms with Gasteiger partial charge >= 0.3 is 0 Å². The highest BCUT2D eigenvalue weighted by Crippen LogP contribution is 1.76. The normalized spacial score (nSPS) is 7.36. The van der Waals surface area contributed by atoms with E-state index < -0.39 is 0 Å². The second-order valence-corrected chi connectivity index (χ2v) is 1.76. The summed E-state index contributed by atoms with van der Waals surface area (Å²) in [7, 11) is 0. The van der Waals surface area contributed by atoms with Crippen LogP contribution in [0, 0.1) is 0 Å². The van der Waals surface area contributed by atoms with Crippen molar-refractivity contribution in [2.24, 2.45) is 0 Å². The van der Waals surface area contributed by atoms with Crippen molar-refractivity contribution in [3.63, 3.8) is 0 Å². The predicted octanol–water partition coefficient (Wildman–Crippen LogP) is 4.58. The summed E-state index contributed by atoms with van der Waals surface area (Å²) >= 11 is 0. The van der Waals surface area contributed by atoms with Crippen molar-refractivity contribution in [1.82, 2.24) is 0 Å². The summed E-state index contributed by atoms with van der Waals surface area (Å²) in [4.78, 5) is 0. The van der Waals surface area contributed by atoms with Gasteiger partial charge in [0.25, 0.3) is 0 Å². The van der Waals surface area contributed by atoms with E-state index >= 15 is 0 Å². The van der Waals surface area contributed by atoms with Crippen molar-refractivity contribution < 1.29 is 0 Å². The molecule has 0 aliphatic rings. The Bertz CT molecular complexity index is 58.4. The SMILES string of the molecule is C=C/C=C\C.CC.CCCC. The van der Waals surface area contributed by atoms with Crippen molar-refractivity contribution in [3.05, 3.63) is 24.8 Å². The first kappa shape index (κ1) is 16.8. The largest absolute Gasteiger partial charge is 0.0991 e. The van der Waals surface area contributed by atoms with Gasteiger partial charge in [-0.1, -0.05) is 65.3 Å². The summed E-state index contributed by atoms with van der Waals surface area (Å²) in [6.45, 7) is 13.8. The van der Waals surface area contributed by atoms with Crippen LogP contribution in [-0.2, 0) is 0 Å². The van der Waals surface area contributed by atoms with E-state index in [9.17, 15) is 0 Å². The molecule has 0 aliphatic heterocycles. The van der Waals surface area contributed by atoms with E-state index in [0.717, 1.165) is 0 Å². The summed E-state index contributed by atoms with van der Waals surface area (Å²) in [5, 5.41) is 0. The minimum Gasteiger partial charge on any atom is -0.0991 e. The zero-order chi connectivity index (χ0) is 9.54. The molecular formula is C11H24. The Kier molecular flexibility index (Phi) is 52.0. The average molecular weight is 156 g/mol. The van der Waals surface area contributed by atoms with Crippen molar-refractivity contribution in [2.45, 2.75) is 47.5 Å². The lowest BCUT2D eigenvalue weighted by Crippen LogP contribution is -1.47. The van der Waals surface area contributed by atoms with E-state index in [1.807, 2.05) is 32.9 Å². The third-order valence-corrected chi connectivity index (χ3v) is 0.829. The first-order chi connectivity index (χ1) is 5.33. The standard InChI is InChI=1S/C5H8.C4H10.C2H6/c1-3-5-4-2;1-3-4-2;1-2/h3-5H,1H2,2H3;3-4H2,1-2H3;1-2H3/b5-4-;;. The van der Waals surface area contributed by atoms with Gasteiger partial charge in [0.1, 0.15) is 0 Å². The molecule has 0 bridgehead atoms. The highest BCUT2D eigenvalue weighted by Gasteiger charge is 1.56. The quantitative estimate of drug-likeness (QED) is 0.513. The molecule has 0 aliphatic carbocycles. The van der Waals surface area contributed by atoms with Crippen LogP contribution in [-0.4, -0.2) is 0 Å². The minimum absolute atomic E-state index is 1.32. The monoisotopic (exact) mass is 156 g/mol. The number of allylic oxidation sites excluding steroid dienone is 3. The van der Waals surface area contributed by atoms with Crippen LogP contribution in [0.4, 0.5) is 0 Å². The first-order valence-corrected chi connectivity index (χ1v) is 4.57. The topological polar surface area (TPSA) is 0 Å². The average Bonchev–Trinajstić information content (AvgIpc) is 2.10. The number of unbranched alkanes of at least 4 members (excludes halogenated alkanes) is 1. The molecule has 0 atom stereocenters. The smallest absolute Gasteiger partial charge is 0.0467 e. The van der Waals surface area contributed by atoms with Gasteiger partial charge in [-0.2, -0.15) is 0 Å². The van der Waals surface area contributed by atoms with Crippen LogP contribution in [0.15, 0.2) is 24.8 Å². The Hall–Kier alpha value is -0.520. The van der Waals surface area contributed by atoms with Crippen LogP contribution < -0.4 is 0 Å². The molecule has 0 radical (unpaired) electrons. The third kappa shape index (κ3) is 86.2. The molecule has 0 heterocycles. The highest BCUT2D eigenvalue weighted by molar-refractivity contribution is 4.94. The maximum Gasteiger partial charge on any atom is -0.0467 e. The molecule has 0 saturated carbocycles. The van der Waals surface area contributed by atoms with Gasteiger partial charge in [0.2, 0.25) is 0 Å². The molecule has 11 heavy (non-hydrogen) atoms. The van der Waals surface area contributed by atoms with Gasteiger partial charge in [-0.05, 0) is 6.92 Å². The van der Waals surface area contributed by atoms with Gasteiger partial charge in [-0.25, -0.2) is 0 Å². The second-order valence-electron chi connectivity index (χ2n) is 1.76. The molecule has 0 spiro atoms. The highest BCUT2D eigenvalue weighted by atomic mass is 13.6. The van der Waals surface area contributed by atoms with Gasteiger partial charge in [-0.3, -0.25) is 0 Å². The molecule has 0 aromatic heterocycles. The fourth-order valence-corrected chi connectivity index (χ4v) is 0.136. The lowest BCUT2D eigenvalue weighted by Gasteiger charge is -1.68. The minimum atomic E-state index is 1.32. The second kappa shape index (κ2) is 34.0. The van der Waals surface area contributed by atoms with E-state index in [1.165, 1.54) is 12.8 Å². The van der Waals surface area contributed by atoms with Crippen molar-refractivity contribution in [3.8, 4) is 0 Å². The summed E-state index contributed by atoms with van der Waals surface area (Å²) < 4.78 is 0. The maximum atomic E-state index is 3.46. The van der Waals surface area contributed by atoms with Crippen LogP contribution in [0.2, 0.25) is 0 Å². The lowest BCUT2D eigenvalue weighted by molar-refractivity contribution is 0.886. The van der Waals surface area contributed by atoms with Crippen LogP contribution in [0.5, 0.6) is 0 Å². The molecule has 0 heteroatoms. The Morgan fingerprint density at radius 3 is 1.45 bits per heavy atom. The van der Waals surface area contributed by atoms with Crippen LogP contribution in [0.3, 0.4) is 0 Å². The van der Waals surface area contributed by atoms with Gasteiger partial charge in [0.15, 0.2) is 0 Å². The third-order valence-electron chi connectivity index (χ3n) is 0.829. The van der Waals surface area contributed by atoms with E-state index in [-0.39, 0.29) is 0 Å². The Morgan fingerprint density at radius 1 is 1.09 bits per heavy atom. The fourth-order valence-electron chi connectivity index (χ4n) is 0.136. The molecular weight excluding hydrogens is 132 g/mol. The van der Waals surface area contributed by atoms with Crippen molar-refractivity contribution >= 4 is 0 Å². The molecule has 0 nitrogen and oxygen atoms in total. The van der Waals surface area contributed by atoms with Crippen molar-refractivity contribution in [2.75, 3.05) is 0 Å². The zero-order valence-corrected chi connectivity index (χ0v) is 8.85. The van der Waals surface area contributed by atoms with E-state index in [2.05, 4.69) is 20.4 Å². The number of hydrogen-bond donors (Lipinski definition) is 0. The summed E-state index contributed by atoms with van der Waals surface area (Å²) in [5.41, 5.74) is 0. The molecule has 0 amide bonds. The Balaban J connectivity index is -0.0000000965. The zero-order valence-electron chi connectivity index (χ0n) is 8.85. The fraction of sp³-hybridized carbons (Fsp3) is 0.636. The van der Waals surface area contributed by atoms with E-state index in [0.29, 0.717) is 0 Å². The van der Waals surface area contributed by atoms with Crippen molar-refractivity contribution in [1.29, 1.82) is 0 Å². The van der Waals surface area contributed by atoms with Gasteiger partial charge in [-0.15, -0.1) is 0 Å². The Labute approximate surface area is 73.0 Å². The molecule has 0 N–H and O–H groups in total. The molecule has 68 valence electrons. The van der Waals surface area contributed by atoms with Gasteiger partial charge in [0, 0.05) is 0 Å². The van der Waals surface area contributed by atoms with E-state index in [1.54, 1.807) is 6.08 Å². The molecule has 0 rings (SSSR count). The lowest BCUT2D eigenvalue weighted by atomic mass is 10.4. The number of rotatable bonds is 2. The van der Waals surface area contributed by atoms with E-state index in [4.69, 9.17) is 0 Å². The number of hydrogen-bond acceptors (Lipinski definition) is 0. The maximum absolute atomic E-state index is 3.46. The predicted molar refractivity (Wildman–Crippen MR) is 56.9 cm³/mol. The van der Waals surface area contributed by atoms with Crippen LogP contribution >= 0.6 is 0 Å². The molecule has 0 unspecified atom stereocenters. The Morgan fingerprint density at radius 2 is 1.45 bits per heavy atom. The summed E-state index contributed by atoms with van der Waals surface area (Å²) in [6.07, 6.45) is 8.22. The first-order valence-electron chi connectivity index (χ1n) is 4.57.